The maximum absolute atomic E-state index is 11.9. The number of aromatic nitrogens is 1. The van der Waals surface area contributed by atoms with Crippen molar-refractivity contribution in [3.63, 3.8) is 0 Å². The van der Waals surface area contributed by atoms with Crippen molar-refractivity contribution in [2.75, 3.05) is 6.61 Å². The van der Waals surface area contributed by atoms with Crippen molar-refractivity contribution in [1.29, 1.82) is 0 Å². The summed E-state index contributed by atoms with van der Waals surface area (Å²) in [6, 6.07) is 15.2. The van der Waals surface area contributed by atoms with Gasteiger partial charge in [0.2, 0.25) is 0 Å². The molecular weight excluding hydrogens is 352 g/mol. The maximum Gasteiger partial charge on any atom is 0.306 e. The Hall–Kier alpha value is -2.79. The van der Waals surface area contributed by atoms with E-state index in [-0.39, 0.29) is 18.9 Å². The minimum Gasteiger partial charge on any atom is -0.456 e. The summed E-state index contributed by atoms with van der Waals surface area (Å²) >= 11 is 6.03. The third kappa shape index (κ3) is 4.64. The third-order valence-corrected chi connectivity index (χ3v) is 4.44. The number of amides is 1. The van der Waals surface area contributed by atoms with Crippen molar-refractivity contribution in [2.45, 2.75) is 19.4 Å². The van der Waals surface area contributed by atoms with Crippen LogP contribution in [0.15, 0.2) is 54.7 Å². The lowest BCUT2D eigenvalue weighted by Crippen LogP contribution is -2.28. The van der Waals surface area contributed by atoms with Crippen LogP contribution in [0.5, 0.6) is 0 Å². The molecule has 0 bridgehead atoms. The predicted molar refractivity (Wildman–Crippen MR) is 101 cm³/mol. The van der Waals surface area contributed by atoms with Gasteiger partial charge in [-0.25, -0.2) is 0 Å². The van der Waals surface area contributed by atoms with Crippen molar-refractivity contribution >= 4 is 34.4 Å². The van der Waals surface area contributed by atoms with Gasteiger partial charge in [-0.1, -0.05) is 48.0 Å². The Kier molecular flexibility index (Phi) is 5.92. The average Bonchev–Trinajstić information content (AvgIpc) is 3.07. The molecule has 0 spiro atoms. The van der Waals surface area contributed by atoms with Crippen molar-refractivity contribution in [2.24, 2.45) is 0 Å². The second-order valence-electron chi connectivity index (χ2n) is 5.89. The fraction of sp³-hybridized carbons (Fsp3) is 0.200. The molecule has 0 aliphatic carbocycles. The van der Waals surface area contributed by atoms with Gasteiger partial charge < -0.3 is 15.0 Å². The second-order valence-corrected chi connectivity index (χ2v) is 6.30. The summed E-state index contributed by atoms with van der Waals surface area (Å²) in [5, 5.41) is 4.37. The van der Waals surface area contributed by atoms with E-state index in [1.807, 2.05) is 48.7 Å². The van der Waals surface area contributed by atoms with Crippen LogP contribution in [0.3, 0.4) is 0 Å². The lowest BCUT2D eigenvalue weighted by atomic mass is 10.1. The molecule has 3 rings (SSSR count). The van der Waals surface area contributed by atoms with Crippen molar-refractivity contribution < 1.29 is 14.3 Å². The van der Waals surface area contributed by atoms with E-state index >= 15 is 0 Å². The van der Waals surface area contributed by atoms with Gasteiger partial charge in [0.1, 0.15) is 0 Å². The molecular formula is C20H19ClN2O3. The Balaban J connectivity index is 1.41. The first-order valence-electron chi connectivity index (χ1n) is 8.34. The number of rotatable bonds is 7. The Bertz CT molecular complexity index is 920. The molecule has 5 nitrogen and oxygen atoms in total. The molecule has 0 saturated heterocycles. The first-order chi connectivity index (χ1) is 12.6. The normalized spacial score (nSPS) is 10.7. The highest BCUT2D eigenvalue weighted by molar-refractivity contribution is 6.31. The predicted octanol–water partition coefficient (Wildman–Crippen LogP) is 3.61. The largest absolute Gasteiger partial charge is 0.456 e. The average molecular weight is 371 g/mol. The number of fused-ring (bicyclic) bond motifs is 1. The fourth-order valence-electron chi connectivity index (χ4n) is 2.68. The third-order valence-electron chi connectivity index (χ3n) is 4.07. The molecule has 6 heteroatoms. The summed E-state index contributed by atoms with van der Waals surface area (Å²) in [5.41, 5.74) is 2.91. The molecule has 0 radical (unpaired) electrons. The van der Waals surface area contributed by atoms with Gasteiger partial charge in [0.15, 0.2) is 6.61 Å². The molecule has 26 heavy (non-hydrogen) atoms. The van der Waals surface area contributed by atoms with Crippen LogP contribution in [0.1, 0.15) is 17.5 Å². The van der Waals surface area contributed by atoms with Gasteiger partial charge in [-0.3, -0.25) is 9.59 Å². The van der Waals surface area contributed by atoms with Crippen molar-refractivity contribution in [3.8, 4) is 0 Å². The van der Waals surface area contributed by atoms with Gasteiger partial charge in [0, 0.05) is 35.1 Å². The minimum absolute atomic E-state index is 0.222. The SMILES string of the molecule is O=C(COC(=O)CCc1c[nH]c2ccccc12)NCc1ccccc1Cl. The fourth-order valence-corrected chi connectivity index (χ4v) is 2.88. The van der Waals surface area contributed by atoms with E-state index < -0.39 is 5.97 Å². The van der Waals surface area contributed by atoms with Crippen LogP contribution >= 0.6 is 11.6 Å². The zero-order valence-electron chi connectivity index (χ0n) is 14.1. The Morgan fingerprint density at radius 1 is 1.04 bits per heavy atom. The monoisotopic (exact) mass is 370 g/mol. The van der Waals surface area contributed by atoms with Gasteiger partial charge in [0.05, 0.1) is 0 Å². The summed E-state index contributed by atoms with van der Waals surface area (Å²) in [7, 11) is 0. The first kappa shape index (κ1) is 18.0. The lowest BCUT2D eigenvalue weighted by Gasteiger charge is -2.08. The summed E-state index contributed by atoms with van der Waals surface area (Å²) in [6.45, 7) is 0.00255. The number of aromatic amines is 1. The van der Waals surface area contributed by atoms with E-state index in [1.165, 1.54) is 0 Å². The minimum atomic E-state index is -0.400. The van der Waals surface area contributed by atoms with Crippen LogP contribution in [0, 0.1) is 0 Å². The zero-order valence-corrected chi connectivity index (χ0v) is 14.9. The highest BCUT2D eigenvalue weighted by Gasteiger charge is 2.10. The molecule has 0 aliphatic rings. The Labute approximate surface area is 156 Å². The van der Waals surface area contributed by atoms with E-state index in [9.17, 15) is 9.59 Å². The van der Waals surface area contributed by atoms with E-state index in [0.29, 0.717) is 18.0 Å². The molecule has 2 aromatic carbocycles. The summed E-state index contributed by atoms with van der Waals surface area (Å²) in [4.78, 5) is 26.8. The Morgan fingerprint density at radius 3 is 2.65 bits per heavy atom. The standard InChI is InChI=1S/C20H19ClN2O3/c21-17-7-3-1-5-15(17)12-23-19(24)13-26-20(25)10-9-14-11-22-18-8-4-2-6-16(14)18/h1-8,11,22H,9-10,12-13H2,(H,23,24). The molecule has 0 saturated carbocycles. The van der Waals surface area contributed by atoms with E-state index in [4.69, 9.17) is 16.3 Å². The zero-order chi connectivity index (χ0) is 18.4. The smallest absolute Gasteiger partial charge is 0.306 e. The van der Waals surface area contributed by atoms with Crippen LogP contribution < -0.4 is 5.32 Å². The van der Waals surface area contributed by atoms with E-state index in [1.54, 1.807) is 6.07 Å². The number of carbonyl (C=O) groups excluding carboxylic acids is 2. The van der Waals surface area contributed by atoms with Gasteiger partial charge in [-0.2, -0.15) is 0 Å². The maximum atomic E-state index is 11.9. The van der Waals surface area contributed by atoms with Crippen LogP contribution in [0.2, 0.25) is 5.02 Å². The van der Waals surface area contributed by atoms with Crippen molar-refractivity contribution in [3.05, 3.63) is 70.9 Å². The van der Waals surface area contributed by atoms with Crippen molar-refractivity contribution in [1.82, 2.24) is 10.3 Å². The highest BCUT2D eigenvalue weighted by Crippen LogP contribution is 2.19. The van der Waals surface area contributed by atoms with Gasteiger partial charge in [-0.05, 0) is 29.7 Å². The first-order valence-corrected chi connectivity index (χ1v) is 8.72. The molecule has 1 amide bonds. The number of carbonyl (C=O) groups is 2. The van der Waals surface area contributed by atoms with Gasteiger partial charge in [0.25, 0.3) is 5.91 Å². The highest BCUT2D eigenvalue weighted by atomic mass is 35.5. The molecule has 3 aromatic rings. The number of hydrogen-bond acceptors (Lipinski definition) is 3. The molecule has 2 N–H and O–H groups in total. The Morgan fingerprint density at radius 2 is 1.81 bits per heavy atom. The summed E-state index contributed by atoms with van der Waals surface area (Å²) < 4.78 is 5.04. The number of benzene rings is 2. The molecule has 1 heterocycles. The molecule has 0 atom stereocenters. The number of halogens is 1. The van der Waals surface area contributed by atoms with Gasteiger partial charge in [-0.15, -0.1) is 0 Å². The molecule has 134 valence electrons. The number of nitrogens with one attached hydrogen (secondary N) is 2. The van der Waals surface area contributed by atoms with Crippen LogP contribution in [-0.2, 0) is 27.3 Å². The van der Waals surface area contributed by atoms with Gasteiger partial charge >= 0.3 is 5.97 Å². The van der Waals surface area contributed by atoms with E-state index in [0.717, 1.165) is 22.0 Å². The van der Waals surface area contributed by atoms with Crippen LogP contribution in [-0.4, -0.2) is 23.5 Å². The topological polar surface area (TPSA) is 71.2 Å². The molecule has 0 aliphatic heterocycles. The van der Waals surface area contributed by atoms with E-state index in [2.05, 4.69) is 10.3 Å². The van der Waals surface area contributed by atoms with Crippen LogP contribution in [0.4, 0.5) is 0 Å². The number of hydrogen-bond donors (Lipinski definition) is 2. The molecule has 0 fully saturated rings. The number of para-hydroxylation sites is 1. The summed E-state index contributed by atoms with van der Waals surface area (Å²) in [5.74, 6) is -0.756. The second kappa shape index (κ2) is 8.54. The molecule has 0 unspecified atom stereocenters. The van der Waals surface area contributed by atoms with Crippen LogP contribution in [0.25, 0.3) is 10.9 Å². The molecule has 1 aromatic heterocycles. The quantitative estimate of drug-likeness (QED) is 0.624. The lowest BCUT2D eigenvalue weighted by molar-refractivity contribution is -0.148. The number of ether oxygens (including phenoxy) is 1. The number of H-pyrrole nitrogens is 1. The number of esters is 1. The number of aryl methyl sites for hydroxylation is 1. The summed E-state index contributed by atoms with van der Waals surface area (Å²) in [6.07, 6.45) is 2.68.